The topological polar surface area (TPSA) is 122 Å². The third-order valence-electron chi connectivity index (χ3n) is 3.51. The van der Waals surface area contributed by atoms with Gasteiger partial charge in [-0.15, -0.1) is 11.3 Å². The highest BCUT2D eigenvalue weighted by molar-refractivity contribution is 7.13. The van der Waals surface area contributed by atoms with Crippen molar-refractivity contribution in [2.45, 2.75) is 32.2 Å². The minimum absolute atomic E-state index is 0.0292. The van der Waals surface area contributed by atoms with E-state index in [4.69, 9.17) is 5.11 Å². The highest BCUT2D eigenvalue weighted by atomic mass is 32.1. The van der Waals surface area contributed by atoms with E-state index < -0.39 is 22.8 Å². The van der Waals surface area contributed by atoms with Crippen LogP contribution in [0.5, 0.6) is 0 Å². The lowest BCUT2D eigenvalue weighted by molar-refractivity contribution is -0.384. The molecule has 1 amide bonds. The molecule has 2 N–H and O–H groups in total. The number of aliphatic carboxylic acids is 1. The maximum atomic E-state index is 12.2. The lowest BCUT2D eigenvalue weighted by Gasteiger charge is -2.12. The lowest BCUT2D eigenvalue weighted by atomic mass is 10.1. The van der Waals surface area contributed by atoms with Gasteiger partial charge < -0.3 is 10.4 Å². The van der Waals surface area contributed by atoms with Crippen molar-refractivity contribution >= 4 is 28.9 Å². The Hall–Kier alpha value is -2.81. The van der Waals surface area contributed by atoms with Crippen LogP contribution in [0, 0.1) is 10.1 Å². The van der Waals surface area contributed by atoms with Crippen molar-refractivity contribution < 1.29 is 19.6 Å². The summed E-state index contributed by atoms with van der Waals surface area (Å²) in [6.07, 6.45) is 1.89. The molecule has 8 nitrogen and oxygen atoms in total. The molecule has 2 rings (SSSR count). The second-order valence-electron chi connectivity index (χ2n) is 5.35. The van der Waals surface area contributed by atoms with Crippen molar-refractivity contribution in [3.8, 4) is 10.6 Å². The van der Waals surface area contributed by atoms with E-state index in [0.29, 0.717) is 23.4 Å². The summed E-state index contributed by atoms with van der Waals surface area (Å²) in [5.74, 6) is -1.62. The van der Waals surface area contributed by atoms with Crippen molar-refractivity contribution in [2.24, 2.45) is 0 Å². The Labute approximate surface area is 147 Å². The molecule has 0 aliphatic carbocycles. The number of amides is 1. The highest BCUT2D eigenvalue weighted by Crippen LogP contribution is 2.25. The van der Waals surface area contributed by atoms with Gasteiger partial charge in [0.1, 0.15) is 16.7 Å². The van der Waals surface area contributed by atoms with Gasteiger partial charge in [-0.25, -0.2) is 9.78 Å². The number of carbonyl (C=O) groups excluding carboxylic acids is 1. The lowest BCUT2D eigenvalue weighted by Crippen LogP contribution is -2.40. The molecule has 1 aromatic carbocycles. The number of benzene rings is 1. The maximum absolute atomic E-state index is 12.2. The molecule has 0 radical (unpaired) electrons. The summed E-state index contributed by atoms with van der Waals surface area (Å²) in [6.45, 7) is 1.94. The van der Waals surface area contributed by atoms with E-state index >= 15 is 0 Å². The number of thiazole rings is 1. The van der Waals surface area contributed by atoms with Crippen LogP contribution in [0.4, 0.5) is 5.69 Å². The fourth-order valence-corrected chi connectivity index (χ4v) is 2.94. The Balaban J connectivity index is 2.10. The van der Waals surface area contributed by atoms with E-state index in [9.17, 15) is 19.7 Å². The number of nitro groups is 1. The Morgan fingerprint density at radius 2 is 2.04 bits per heavy atom. The Morgan fingerprint density at radius 3 is 2.60 bits per heavy atom. The summed E-state index contributed by atoms with van der Waals surface area (Å²) in [7, 11) is 0. The number of carboxylic acid groups (broad SMARTS) is 1. The summed E-state index contributed by atoms with van der Waals surface area (Å²) < 4.78 is 0. The Bertz CT molecular complexity index is 772. The Kier molecular flexibility index (Phi) is 6.18. The number of aromatic nitrogens is 1. The molecule has 2 aromatic rings. The molecule has 0 saturated heterocycles. The van der Waals surface area contributed by atoms with Crippen molar-refractivity contribution in [1.82, 2.24) is 10.3 Å². The number of nitro benzene ring substituents is 1. The van der Waals surface area contributed by atoms with Gasteiger partial charge in [-0.1, -0.05) is 19.8 Å². The van der Waals surface area contributed by atoms with Crippen LogP contribution >= 0.6 is 11.3 Å². The molecule has 0 aliphatic rings. The predicted octanol–water partition coefficient (Wildman–Crippen LogP) is 3.09. The average Bonchev–Trinajstić information content (AvgIpc) is 3.08. The number of nitrogens with one attached hydrogen (secondary N) is 1. The smallest absolute Gasteiger partial charge is 0.326 e. The largest absolute Gasteiger partial charge is 0.480 e. The summed E-state index contributed by atoms with van der Waals surface area (Å²) in [6, 6.07) is 4.89. The van der Waals surface area contributed by atoms with E-state index in [1.165, 1.54) is 28.8 Å². The molecule has 1 aromatic heterocycles. The molecule has 25 heavy (non-hydrogen) atoms. The van der Waals surface area contributed by atoms with E-state index in [1.54, 1.807) is 12.1 Å². The molecule has 0 fully saturated rings. The third kappa shape index (κ3) is 4.83. The number of hydrogen-bond donors (Lipinski definition) is 2. The molecule has 1 atom stereocenters. The number of unbranched alkanes of at least 4 members (excludes halogenated alkanes) is 1. The van der Waals surface area contributed by atoms with Gasteiger partial charge in [0.05, 0.1) is 4.92 Å². The summed E-state index contributed by atoms with van der Waals surface area (Å²) in [5, 5.41) is 24.4. The maximum Gasteiger partial charge on any atom is 0.326 e. The predicted molar refractivity (Wildman–Crippen MR) is 92.6 cm³/mol. The molecule has 132 valence electrons. The number of non-ortho nitro benzene ring substituents is 1. The van der Waals surface area contributed by atoms with Crippen LogP contribution in [0.3, 0.4) is 0 Å². The normalized spacial score (nSPS) is 11.7. The van der Waals surface area contributed by atoms with Crippen LogP contribution in [0.2, 0.25) is 0 Å². The molecule has 0 aliphatic heterocycles. The molecule has 0 unspecified atom stereocenters. The number of carbonyl (C=O) groups is 2. The van der Waals surface area contributed by atoms with Gasteiger partial charge in [-0.2, -0.15) is 0 Å². The number of carboxylic acids is 1. The van der Waals surface area contributed by atoms with Crippen molar-refractivity contribution in [1.29, 1.82) is 0 Å². The minimum Gasteiger partial charge on any atom is -0.480 e. The molecule has 0 saturated carbocycles. The molecule has 1 heterocycles. The first-order chi connectivity index (χ1) is 11.9. The zero-order chi connectivity index (χ0) is 18.4. The van der Waals surface area contributed by atoms with Crippen LogP contribution in [0.25, 0.3) is 10.6 Å². The summed E-state index contributed by atoms with van der Waals surface area (Å²) in [4.78, 5) is 37.8. The minimum atomic E-state index is -1.08. The standard InChI is InChI=1S/C16H17N3O5S/c1-2-3-4-12(16(21)22)17-14(20)13-9-25-15(18-13)10-5-7-11(8-6-10)19(23)24/h5-9,12H,2-4H2,1H3,(H,17,20)(H,21,22)/t12-/m0/s1. The van der Waals surface area contributed by atoms with Crippen molar-refractivity contribution in [2.75, 3.05) is 0 Å². The number of nitrogens with zero attached hydrogens (tertiary/aromatic N) is 2. The Morgan fingerprint density at radius 1 is 1.36 bits per heavy atom. The average molecular weight is 363 g/mol. The fraction of sp³-hybridized carbons (Fsp3) is 0.312. The number of hydrogen-bond acceptors (Lipinski definition) is 6. The molecular weight excluding hydrogens is 346 g/mol. The molecule has 0 bridgehead atoms. The third-order valence-corrected chi connectivity index (χ3v) is 4.40. The first kappa shape index (κ1) is 18.5. The SMILES string of the molecule is CCCC[C@H](NC(=O)c1csc(-c2ccc([N+](=O)[O-])cc2)n1)C(=O)O. The fourth-order valence-electron chi connectivity index (χ4n) is 2.13. The summed E-state index contributed by atoms with van der Waals surface area (Å²) >= 11 is 1.21. The monoisotopic (exact) mass is 363 g/mol. The van der Waals surface area contributed by atoms with E-state index in [-0.39, 0.29) is 11.4 Å². The quantitative estimate of drug-likeness (QED) is 0.549. The van der Waals surface area contributed by atoms with Gasteiger partial charge in [0.25, 0.3) is 11.6 Å². The van der Waals surface area contributed by atoms with Gasteiger partial charge in [-0.3, -0.25) is 14.9 Å². The summed E-state index contributed by atoms with van der Waals surface area (Å²) in [5.41, 5.74) is 0.745. The zero-order valence-electron chi connectivity index (χ0n) is 13.5. The molecule has 0 spiro atoms. The van der Waals surface area contributed by atoms with E-state index in [0.717, 1.165) is 6.42 Å². The van der Waals surface area contributed by atoms with Crippen LogP contribution < -0.4 is 5.32 Å². The van der Waals surface area contributed by atoms with Crippen LogP contribution in [0.15, 0.2) is 29.6 Å². The zero-order valence-corrected chi connectivity index (χ0v) is 14.3. The highest BCUT2D eigenvalue weighted by Gasteiger charge is 2.21. The van der Waals surface area contributed by atoms with Gasteiger partial charge in [-0.05, 0) is 18.6 Å². The number of rotatable bonds is 8. The molecule has 9 heteroatoms. The van der Waals surface area contributed by atoms with Gasteiger partial charge in [0.2, 0.25) is 0 Å². The van der Waals surface area contributed by atoms with E-state index in [1.807, 2.05) is 6.92 Å². The van der Waals surface area contributed by atoms with Crippen LogP contribution in [0.1, 0.15) is 36.7 Å². The first-order valence-electron chi connectivity index (χ1n) is 7.66. The van der Waals surface area contributed by atoms with Crippen molar-refractivity contribution in [3.05, 3.63) is 45.5 Å². The second-order valence-corrected chi connectivity index (χ2v) is 6.21. The van der Waals surface area contributed by atoms with Crippen molar-refractivity contribution in [3.63, 3.8) is 0 Å². The first-order valence-corrected chi connectivity index (χ1v) is 8.54. The second kappa shape index (κ2) is 8.34. The van der Waals surface area contributed by atoms with Crippen LogP contribution in [-0.2, 0) is 4.79 Å². The molecular formula is C16H17N3O5S. The van der Waals surface area contributed by atoms with Gasteiger partial charge in [0.15, 0.2) is 0 Å². The van der Waals surface area contributed by atoms with Crippen LogP contribution in [-0.4, -0.2) is 32.9 Å². The van der Waals surface area contributed by atoms with E-state index in [2.05, 4.69) is 10.3 Å². The van der Waals surface area contributed by atoms with Gasteiger partial charge >= 0.3 is 5.97 Å². The van der Waals surface area contributed by atoms with Gasteiger partial charge in [0, 0.05) is 23.1 Å².